The molecule has 1 aromatic rings. The fourth-order valence-electron chi connectivity index (χ4n) is 1.38. The molecule has 0 radical (unpaired) electrons. The molecule has 0 bridgehead atoms. The van der Waals surface area contributed by atoms with Crippen LogP contribution in [0.5, 0.6) is 0 Å². The van der Waals surface area contributed by atoms with Crippen molar-refractivity contribution in [3.63, 3.8) is 0 Å². The second kappa shape index (κ2) is 3.81. The third-order valence-corrected chi connectivity index (χ3v) is 2.84. The Kier molecular flexibility index (Phi) is 2.67. The number of anilines is 1. The van der Waals surface area contributed by atoms with E-state index in [0.29, 0.717) is 25.3 Å². The standard InChI is InChI=1S/C9H11BrFN3/c10-7-4-12-8(13-5-7)14-6-9(11)2-1-3-9/h4-5H,1-3,6H2,(H,12,13,14). The smallest absolute Gasteiger partial charge is 0.222 e. The molecular weight excluding hydrogens is 249 g/mol. The van der Waals surface area contributed by atoms with Crippen LogP contribution in [0.25, 0.3) is 0 Å². The van der Waals surface area contributed by atoms with Crippen LogP contribution in [-0.4, -0.2) is 22.2 Å². The molecule has 0 aromatic carbocycles. The Bertz CT molecular complexity index is 310. The van der Waals surface area contributed by atoms with Crippen LogP contribution < -0.4 is 5.32 Å². The van der Waals surface area contributed by atoms with E-state index >= 15 is 0 Å². The van der Waals surface area contributed by atoms with Gasteiger partial charge in [-0.25, -0.2) is 14.4 Å². The maximum absolute atomic E-state index is 13.5. The Morgan fingerprint density at radius 2 is 2.07 bits per heavy atom. The third kappa shape index (κ3) is 2.20. The van der Waals surface area contributed by atoms with E-state index in [1.165, 1.54) is 0 Å². The summed E-state index contributed by atoms with van der Waals surface area (Å²) in [6.45, 7) is 0.314. The molecule has 0 amide bonds. The minimum absolute atomic E-state index is 0.314. The van der Waals surface area contributed by atoms with E-state index in [4.69, 9.17) is 0 Å². The number of nitrogens with one attached hydrogen (secondary N) is 1. The van der Waals surface area contributed by atoms with Crippen LogP contribution in [0.3, 0.4) is 0 Å². The van der Waals surface area contributed by atoms with Crippen LogP contribution in [0.4, 0.5) is 10.3 Å². The van der Waals surface area contributed by atoms with Gasteiger partial charge in [-0.05, 0) is 35.2 Å². The van der Waals surface area contributed by atoms with Crippen molar-refractivity contribution >= 4 is 21.9 Å². The lowest BCUT2D eigenvalue weighted by Crippen LogP contribution is -2.39. The molecule has 0 aliphatic heterocycles. The topological polar surface area (TPSA) is 37.8 Å². The van der Waals surface area contributed by atoms with Gasteiger partial charge in [0.2, 0.25) is 5.95 Å². The number of halogens is 2. The molecule has 0 saturated heterocycles. The largest absolute Gasteiger partial charge is 0.351 e. The Morgan fingerprint density at radius 3 is 2.57 bits per heavy atom. The second-order valence-electron chi connectivity index (χ2n) is 3.58. The maximum atomic E-state index is 13.5. The molecule has 0 atom stereocenters. The van der Waals surface area contributed by atoms with Crippen molar-refractivity contribution in [3.05, 3.63) is 16.9 Å². The Balaban J connectivity index is 1.88. The summed E-state index contributed by atoms with van der Waals surface area (Å²) in [6, 6.07) is 0. The summed E-state index contributed by atoms with van der Waals surface area (Å²) in [7, 11) is 0. The zero-order valence-corrected chi connectivity index (χ0v) is 9.22. The number of nitrogens with zero attached hydrogens (tertiary/aromatic N) is 2. The second-order valence-corrected chi connectivity index (χ2v) is 4.50. The van der Waals surface area contributed by atoms with Gasteiger partial charge in [0.15, 0.2) is 0 Å². The van der Waals surface area contributed by atoms with Crippen LogP contribution in [0.1, 0.15) is 19.3 Å². The molecule has 2 rings (SSSR count). The van der Waals surface area contributed by atoms with Crippen molar-refractivity contribution in [1.29, 1.82) is 0 Å². The maximum Gasteiger partial charge on any atom is 0.222 e. The molecule has 1 aliphatic carbocycles. The van der Waals surface area contributed by atoms with E-state index < -0.39 is 5.67 Å². The zero-order chi connectivity index (χ0) is 10.0. The number of aromatic nitrogens is 2. The lowest BCUT2D eigenvalue weighted by molar-refractivity contribution is 0.0782. The van der Waals surface area contributed by atoms with Gasteiger partial charge in [0.25, 0.3) is 0 Å². The lowest BCUT2D eigenvalue weighted by atomic mass is 9.82. The lowest BCUT2D eigenvalue weighted by Gasteiger charge is -2.33. The summed E-state index contributed by atoms with van der Waals surface area (Å²) in [5, 5.41) is 2.90. The van der Waals surface area contributed by atoms with Crippen molar-refractivity contribution in [3.8, 4) is 0 Å². The van der Waals surface area contributed by atoms with Crippen LogP contribution in [0.2, 0.25) is 0 Å². The van der Waals surface area contributed by atoms with Crippen molar-refractivity contribution in [2.24, 2.45) is 0 Å². The molecule has 1 aliphatic rings. The molecule has 1 N–H and O–H groups in total. The van der Waals surface area contributed by atoms with Crippen molar-refractivity contribution in [1.82, 2.24) is 9.97 Å². The van der Waals surface area contributed by atoms with Gasteiger partial charge in [-0.1, -0.05) is 0 Å². The van der Waals surface area contributed by atoms with Crippen LogP contribution >= 0.6 is 15.9 Å². The van der Waals surface area contributed by atoms with Gasteiger partial charge in [-0.15, -0.1) is 0 Å². The summed E-state index contributed by atoms with van der Waals surface area (Å²) < 4.78 is 14.4. The minimum atomic E-state index is -1.03. The Hall–Kier alpha value is -0.710. The minimum Gasteiger partial charge on any atom is -0.351 e. The average Bonchev–Trinajstić information content (AvgIpc) is 2.14. The molecule has 1 aromatic heterocycles. The summed E-state index contributed by atoms with van der Waals surface area (Å²) in [6.07, 6.45) is 5.56. The van der Waals surface area contributed by atoms with Gasteiger partial charge in [0.1, 0.15) is 5.67 Å². The first-order valence-electron chi connectivity index (χ1n) is 4.58. The van der Waals surface area contributed by atoms with Gasteiger partial charge < -0.3 is 5.32 Å². The molecule has 1 heterocycles. The highest BCUT2D eigenvalue weighted by Gasteiger charge is 2.36. The average molecular weight is 260 g/mol. The quantitative estimate of drug-likeness (QED) is 0.907. The number of hydrogen-bond donors (Lipinski definition) is 1. The number of rotatable bonds is 3. The molecule has 3 nitrogen and oxygen atoms in total. The Morgan fingerprint density at radius 1 is 1.43 bits per heavy atom. The van der Waals surface area contributed by atoms with Crippen molar-refractivity contribution < 1.29 is 4.39 Å². The van der Waals surface area contributed by atoms with Crippen LogP contribution in [-0.2, 0) is 0 Å². The summed E-state index contributed by atoms with van der Waals surface area (Å²) in [5.41, 5.74) is -1.03. The van der Waals surface area contributed by atoms with E-state index in [0.717, 1.165) is 10.9 Å². The van der Waals surface area contributed by atoms with Crippen LogP contribution in [0, 0.1) is 0 Å². The van der Waals surface area contributed by atoms with E-state index in [2.05, 4.69) is 31.2 Å². The highest BCUT2D eigenvalue weighted by Crippen LogP contribution is 2.35. The highest BCUT2D eigenvalue weighted by molar-refractivity contribution is 9.10. The van der Waals surface area contributed by atoms with Gasteiger partial charge in [-0.3, -0.25) is 0 Å². The van der Waals surface area contributed by atoms with E-state index in [-0.39, 0.29) is 0 Å². The van der Waals surface area contributed by atoms with Crippen LogP contribution in [0.15, 0.2) is 16.9 Å². The monoisotopic (exact) mass is 259 g/mol. The first-order valence-corrected chi connectivity index (χ1v) is 5.38. The highest BCUT2D eigenvalue weighted by atomic mass is 79.9. The number of alkyl halides is 1. The molecule has 0 spiro atoms. The van der Waals surface area contributed by atoms with E-state index in [9.17, 15) is 4.39 Å². The van der Waals surface area contributed by atoms with Gasteiger partial charge in [0, 0.05) is 12.4 Å². The van der Waals surface area contributed by atoms with Gasteiger partial charge >= 0.3 is 0 Å². The first kappa shape index (κ1) is 9.83. The summed E-state index contributed by atoms with van der Waals surface area (Å²) >= 11 is 3.23. The first-order chi connectivity index (χ1) is 6.68. The third-order valence-electron chi connectivity index (χ3n) is 2.43. The summed E-state index contributed by atoms with van der Waals surface area (Å²) in [4.78, 5) is 8.01. The molecular formula is C9H11BrFN3. The SMILES string of the molecule is FC1(CNc2ncc(Br)cn2)CCC1. The molecule has 76 valence electrons. The molecule has 1 fully saturated rings. The predicted molar refractivity (Wildman–Crippen MR) is 55.9 cm³/mol. The molecule has 14 heavy (non-hydrogen) atoms. The molecule has 0 unspecified atom stereocenters. The zero-order valence-electron chi connectivity index (χ0n) is 7.63. The Labute approximate surface area is 90.3 Å². The van der Waals surface area contributed by atoms with Crippen molar-refractivity contribution in [2.45, 2.75) is 24.9 Å². The number of hydrogen-bond acceptors (Lipinski definition) is 3. The van der Waals surface area contributed by atoms with Crippen molar-refractivity contribution in [2.75, 3.05) is 11.9 Å². The fourth-order valence-corrected chi connectivity index (χ4v) is 1.58. The molecule has 1 saturated carbocycles. The van der Waals surface area contributed by atoms with Gasteiger partial charge in [0.05, 0.1) is 11.0 Å². The van der Waals surface area contributed by atoms with Gasteiger partial charge in [-0.2, -0.15) is 0 Å². The predicted octanol–water partition coefficient (Wildman–Crippen LogP) is 2.54. The van der Waals surface area contributed by atoms with E-state index in [1.807, 2.05) is 0 Å². The summed E-state index contributed by atoms with van der Waals surface area (Å²) in [5.74, 6) is 0.483. The van der Waals surface area contributed by atoms with E-state index in [1.54, 1.807) is 12.4 Å². The normalized spacial score (nSPS) is 18.7. The molecule has 5 heteroatoms. The fraction of sp³-hybridized carbons (Fsp3) is 0.556.